The number of carbonyl (C=O) groups is 1. The SMILES string of the molecule is O=C1c2nc(C(F)(F)F)ccc2C(O)C1C(O)C(F)(F)F. The molecule has 0 aromatic carbocycles. The van der Waals surface area contributed by atoms with E-state index in [0.29, 0.717) is 12.1 Å². The van der Waals surface area contributed by atoms with Crippen molar-refractivity contribution >= 4 is 5.78 Å². The average Bonchev–Trinajstić information content (AvgIpc) is 2.58. The molecule has 2 N–H and O–H groups in total. The van der Waals surface area contributed by atoms with Crippen LogP contribution in [0.1, 0.15) is 27.8 Å². The van der Waals surface area contributed by atoms with E-state index in [1.165, 1.54) is 0 Å². The van der Waals surface area contributed by atoms with Crippen molar-refractivity contribution in [3.8, 4) is 0 Å². The van der Waals surface area contributed by atoms with Gasteiger partial charge in [-0.05, 0) is 6.07 Å². The summed E-state index contributed by atoms with van der Waals surface area (Å²) in [7, 11) is 0. The number of ketones is 1. The van der Waals surface area contributed by atoms with Gasteiger partial charge >= 0.3 is 12.4 Å². The van der Waals surface area contributed by atoms with Crippen molar-refractivity contribution < 1.29 is 41.4 Å². The van der Waals surface area contributed by atoms with Crippen molar-refractivity contribution in [2.75, 3.05) is 0 Å². The van der Waals surface area contributed by atoms with E-state index in [4.69, 9.17) is 5.11 Å². The Balaban J connectivity index is 2.45. The van der Waals surface area contributed by atoms with Gasteiger partial charge in [0.25, 0.3) is 0 Å². The zero-order valence-electron chi connectivity index (χ0n) is 9.90. The average molecular weight is 315 g/mol. The van der Waals surface area contributed by atoms with Gasteiger partial charge in [-0.25, -0.2) is 4.98 Å². The zero-order valence-corrected chi connectivity index (χ0v) is 9.90. The molecule has 1 aromatic rings. The molecule has 1 heterocycles. The number of pyridine rings is 1. The summed E-state index contributed by atoms with van der Waals surface area (Å²) < 4.78 is 74.7. The Morgan fingerprint density at radius 2 is 1.71 bits per heavy atom. The molecule has 0 spiro atoms. The van der Waals surface area contributed by atoms with E-state index in [9.17, 15) is 36.2 Å². The first-order valence-corrected chi connectivity index (χ1v) is 5.50. The Morgan fingerprint density at radius 1 is 1.14 bits per heavy atom. The second-order valence-corrected chi connectivity index (χ2v) is 4.45. The molecule has 21 heavy (non-hydrogen) atoms. The van der Waals surface area contributed by atoms with E-state index in [0.717, 1.165) is 0 Å². The third-order valence-corrected chi connectivity index (χ3v) is 3.09. The predicted octanol–water partition coefficient (Wildman–Crippen LogP) is 1.87. The smallest absolute Gasteiger partial charge is 0.387 e. The number of hydrogen-bond acceptors (Lipinski definition) is 4. The fourth-order valence-corrected chi connectivity index (χ4v) is 2.08. The van der Waals surface area contributed by atoms with Crippen LogP contribution in [0, 0.1) is 5.92 Å². The first-order valence-electron chi connectivity index (χ1n) is 5.50. The summed E-state index contributed by atoms with van der Waals surface area (Å²) in [5.41, 5.74) is -2.85. The first-order chi connectivity index (χ1) is 9.44. The molecular weight excluding hydrogens is 308 g/mol. The maximum atomic E-state index is 12.5. The van der Waals surface area contributed by atoms with Gasteiger partial charge in [0.05, 0.1) is 12.0 Å². The summed E-state index contributed by atoms with van der Waals surface area (Å²) >= 11 is 0. The minimum atomic E-state index is -5.20. The number of nitrogens with zero attached hydrogens (tertiary/aromatic N) is 1. The van der Waals surface area contributed by atoms with Gasteiger partial charge in [-0.1, -0.05) is 6.07 Å². The van der Waals surface area contributed by atoms with Gasteiger partial charge in [0, 0.05) is 5.56 Å². The largest absolute Gasteiger partial charge is 0.433 e. The van der Waals surface area contributed by atoms with Crippen LogP contribution in [0.2, 0.25) is 0 Å². The van der Waals surface area contributed by atoms with Crippen LogP contribution >= 0.6 is 0 Å². The molecule has 0 saturated carbocycles. The summed E-state index contributed by atoms with van der Waals surface area (Å²) in [6.07, 6.45) is -15.3. The quantitative estimate of drug-likeness (QED) is 0.776. The van der Waals surface area contributed by atoms with Crippen LogP contribution in [-0.4, -0.2) is 33.3 Å². The van der Waals surface area contributed by atoms with Gasteiger partial charge in [-0.15, -0.1) is 0 Å². The summed E-state index contributed by atoms with van der Waals surface area (Å²) in [6, 6.07) is 1.12. The van der Waals surface area contributed by atoms with Crippen molar-refractivity contribution in [1.82, 2.24) is 4.98 Å². The number of rotatable bonds is 1. The first kappa shape index (κ1) is 15.7. The van der Waals surface area contributed by atoms with Gasteiger partial charge in [0.15, 0.2) is 11.9 Å². The lowest BCUT2D eigenvalue weighted by atomic mass is 9.95. The number of aliphatic hydroxyl groups is 2. The molecule has 4 nitrogen and oxygen atoms in total. The van der Waals surface area contributed by atoms with Crippen LogP contribution in [0.3, 0.4) is 0 Å². The summed E-state index contributed by atoms with van der Waals surface area (Å²) in [6.45, 7) is 0. The van der Waals surface area contributed by atoms with E-state index >= 15 is 0 Å². The van der Waals surface area contributed by atoms with Gasteiger partial charge in [0.1, 0.15) is 11.4 Å². The van der Waals surface area contributed by atoms with Gasteiger partial charge in [-0.3, -0.25) is 4.79 Å². The van der Waals surface area contributed by atoms with Crippen molar-refractivity contribution in [2.45, 2.75) is 24.6 Å². The summed E-state index contributed by atoms with van der Waals surface area (Å²) in [4.78, 5) is 14.7. The molecule has 116 valence electrons. The minimum Gasteiger partial charge on any atom is -0.387 e. The van der Waals surface area contributed by atoms with Crippen LogP contribution in [0.4, 0.5) is 26.3 Å². The van der Waals surface area contributed by atoms with Crippen LogP contribution in [0.25, 0.3) is 0 Å². The Hall–Kier alpha value is -1.68. The molecular formula is C11H7F6NO3. The second kappa shape index (κ2) is 4.67. The van der Waals surface area contributed by atoms with E-state index in [-0.39, 0.29) is 0 Å². The number of aromatic nitrogens is 1. The molecule has 0 fully saturated rings. The Labute approximate surface area is 113 Å². The second-order valence-electron chi connectivity index (χ2n) is 4.45. The monoisotopic (exact) mass is 315 g/mol. The highest BCUT2D eigenvalue weighted by Gasteiger charge is 2.54. The molecule has 1 aromatic heterocycles. The lowest BCUT2D eigenvalue weighted by Gasteiger charge is -2.22. The van der Waals surface area contributed by atoms with Crippen molar-refractivity contribution in [1.29, 1.82) is 0 Å². The topological polar surface area (TPSA) is 70.4 Å². The van der Waals surface area contributed by atoms with Crippen LogP contribution in [0.5, 0.6) is 0 Å². The Kier molecular flexibility index (Phi) is 3.49. The molecule has 0 bridgehead atoms. The van der Waals surface area contributed by atoms with E-state index in [2.05, 4.69) is 4.98 Å². The number of carbonyl (C=O) groups excluding carboxylic acids is 1. The predicted molar refractivity (Wildman–Crippen MR) is 54.1 cm³/mol. The van der Waals surface area contributed by atoms with E-state index < -0.39 is 53.2 Å². The fraction of sp³-hybridized carbons (Fsp3) is 0.455. The number of halogens is 6. The van der Waals surface area contributed by atoms with Crippen LogP contribution in [0.15, 0.2) is 12.1 Å². The van der Waals surface area contributed by atoms with Gasteiger partial charge in [0.2, 0.25) is 0 Å². The van der Waals surface area contributed by atoms with Gasteiger partial charge < -0.3 is 10.2 Å². The maximum absolute atomic E-state index is 12.5. The molecule has 0 saturated heterocycles. The number of alkyl halides is 6. The lowest BCUT2D eigenvalue weighted by Crippen LogP contribution is -2.40. The molecule has 10 heteroatoms. The summed E-state index contributed by atoms with van der Waals surface area (Å²) in [5.74, 6) is -3.80. The van der Waals surface area contributed by atoms with Gasteiger partial charge in [-0.2, -0.15) is 26.3 Å². The molecule has 3 atom stereocenters. The lowest BCUT2D eigenvalue weighted by molar-refractivity contribution is -0.221. The number of hydrogen-bond donors (Lipinski definition) is 2. The number of fused-ring (bicyclic) bond motifs is 1. The molecule has 0 radical (unpaired) electrons. The summed E-state index contributed by atoms with van der Waals surface area (Å²) in [5, 5.41) is 18.7. The number of Topliss-reactive ketones (excluding diaryl/α,β-unsaturated/α-hetero) is 1. The van der Waals surface area contributed by atoms with Crippen LogP contribution in [-0.2, 0) is 6.18 Å². The molecule has 1 aliphatic rings. The molecule has 1 aliphatic carbocycles. The highest BCUT2D eigenvalue weighted by atomic mass is 19.4. The third kappa shape index (κ3) is 2.60. The maximum Gasteiger partial charge on any atom is 0.433 e. The minimum absolute atomic E-state index is 0.442. The van der Waals surface area contributed by atoms with Crippen molar-refractivity contribution in [3.63, 3.8) is 0 Å². The molecule has 3 unspecified atom stereocenters. The number of aliphatic hydroxyl groups excluding tert-OH is 2. The highest BCUT2D eigenvalue weighted by molar-refractivity contribution is 6.01. The molecule has 2 rings (SSSR count). The third-order valence-electron chi connectivity index (χ3n) is 3.09. The normalized spacial score (nSPS) is 24.1. The molecule has 0 amide bonds. The zero-order chi connectivity index (χ0) is 16.2. The Bertz CT molecular complexity index is 582. The fourth-order valence-electron chi connectivity index (χ4n) is 2.08. The standard InChI is InChI=1S/C11H7F6NO3/c12-10(13,14)4-2-1-3-6(18-4)8(20)5(7(3)19)9(21)11(15,16)17/h1-2,5,7,9,19,21H. The van der Waals surface area contributed by atoms with E-state index in [1.807, 2.05) is 0 Å². The highest BCUT2D eigenvalue weighted by Crippen LogP contribution is 2.42. The van der Waals surface area contributed by atoms with Crippen LogP contribution < -0.4 is 0 Å². The Morgan fingerprint density at radius 3 is 2.19 bits per heavy atom. The molecule has 0 aliphatic heterocycles. The van der Waals surface area contributed by atoms with Crippen molar-refractivity contribution in [2.24, 2.45) is 5.92 Å². The van der Waals surface area contributed by atoms with Crippen molar-refractivity contribution in [3.05, 3.63) is 29.1 Å². The van der Waals surface area contributed by atoms with E-state index in [1.54, 1.807) is 0 Å².